The van der Waals surface area contributed by atoms with Gasteiger partial charge >= 0.3 is 19.8 Å². The second kappa shape index (κ2) is 38.1. The second-order valence-electron chi connectivity index (χ2n) is 16.1. The van der Waals surface area contributed by atoms with Gasteiger partial charge in [0.1, 0.15) is 43.2 Å². The first-order valence-corrected chi connectivity index (χ1v) is 25.0. The van der Waals surface area contributed by atoms with E-state index in [2.05, 4.69) is 74.6 Å². The van der Waals surface area contributed by atoms with Gasteiger partial charge in [-0.3, -0.25) is 18.6 Å². The number of ether oxygens (including phenoxy) is 2. The molecule has 4 unspecified atom stereocenters. The van der Waals surface area contributed by atoms with Gasteiger partial charge in [-0.15, -0.1) is 0 Å². The third-order valence-electron chi connectivity index (χ3n) is 10.3. The van der Waals surface area contributed by atoms with Gasteiger partial charge in [0.25, 0.3) is 0 Å². The Morgan fingerprint density at radius 3 is 1.69 bits per heavy atom. The molecule has 0 radical (unpaired) electrons. The van der Waals surface area contributed by atoms with E-state index in [-0.39, 0.29) is 12.8 Å². The van der Waals surface area contributed by atoms with E-state index in [4.69, 9.17) is 18.5 Å². The van der Waals surface area contributed by atoms with E-state index >= 15 is 0 Å². The number of carbonyl (C=O) groups excluding carboxylic acids is 2. The zero-order valence-corrected chi connectivity index (χ0v) is 39.3. The van der Waals surface area contributed by atoms with Crippen molar-refractivity contribution in [3.05, 3.63) is 85.1 Å². The number of allylic oxidation sites excluding steroid dienone is 13. The van der Waals surface area contributed by atoms with Crippen LogP contribution in [0.15, 0.2) is 85.1 Å². The molecule has 366 valence electrons. The summed E-state index contributed by atoms with van der Waals surface area (Å²) in [6.07, 6.45) is 32.2. The van der Waals surface area contributed by atoms with Crippen LogP contribution in [-0.2, 0) is 32.7 Å². The number of hydrogen-bond donors (Lipinski definition) is 7. The van der Waals surface area contributed by atoms with E-state index in [1.54, 1.807) is 6.08 Å². The van der Waals surface area contributed by atoms with Crippen molar-refractivity contribution in [2.24, 2.45) is 0 Å². The highest BCUT2D eigenvalue weighted by molar-refractivity contribution is 7.47. The van der Waals surface area contributed by atoms with Crippen molar-refractivity contribution in [1.29, 1.82) is 0 Å². The van der Waals surface area contributed by atoms with Crippen molar-refractivity contribution in [2.75, 3.05) is 13.2 Å². The molecule has 0 bridgehead atoms. The smallest absolute Gasteiger partial charge is 0.462 e. The van der Waals surface area contributed by atoms with Crippen molar-refractivity contribution >= 4 is 19.8 Å². The summed E-state index contributed by atoms with van der Waals surface area (Å²) >= 11 is 0. The minimum absolute atomic E-state index is 0.0148. The van der Waals surface area contributed by atoms with Crippen LogP contribution in [0, 0.1) is 0 Å². The van der Waals surface area contributed by atoms with Crippen molar-refractivity contribution in [2.45, 2.75) is 198 Å². The lowest BCUT2D eigenvalue weighted by Crippen LogP contribution is -2.64. The average molecular weight is 925 g/mol. The minimum atomic E-state index is -5.16. The molecule has 0 amide bonds. The van der Waals surface area contributed by atoms with Crippen LogP contribution in [0.25, 0.3) is 0 Å². The molecule has 0 heterocycles. The molecule has 7 N–H and O–H groups in total. The second-order valence-corrected chi connectivity index (χ2v) is 17.5. The van der Waals surface area contributed by atoms with Gasteiger partial charge in [-0.1, -0.05) is 144 Å². The Labute approximate surface area is 382 Å². The third kappa shape index (κ3) is 30.2. The van der Waals surface area contributed by atoms with Crippen molar-refractivity contribution in [3.63, 3.8) is 0 Å². The number of unbranched alkanes of at least 4 members (excludes halogenated alkanes) is 10. The largest absolute Gasteiger partial charge is 0.472 e. The average Bonchev–Trinajstić information content (AvgIpc) is 3.27. The Bertz CT molecular complexity index is 1460. The van der Waals surface area contributed by atoms with E-state index in [0.29, 0.717) is 25.7 Å². The van der Waals surface area contributed by atoms with Crippen LogP contribution in [0.4, 0.5) is 0 Å². The molecule has 0 aromatic rings. The van der Waals surface area contributed by atoms with Crippen LogP contribution in [0.5, 0.6) is 0 Å². The zero-order valence-electron chi connectivity index (χ0n) is 38.4. The molecule has 0 spiro atoms. The molecule has 0 aromatic heterocycles. The number of phosphoric acid groups is 1. The Balaban J connectivity index is 2.52. The molecule has 0 aliphatic heterocycles. The SMILES string of the molecule is CC/C=C/C/C=C/C=C/C(O)CCCCCCCC(=O)O[C@H](COC(=O)CCCCC/C=C\C/C=C\C/C=C\C/C=C\CCCCC)COP(=O)(O)OC1[C@H](O)[C@H](O)C(O)[C@H](O)[C@H]1O. The van der Waals surface area contributed by atoms with Gasteiger partial charge in [0.05, 0.1) is 12.7 Å². The summed E-state index contributed by atoms with van der Waals surface area (Å²) in [5.74, 6) is -1.22. The summed E-state index contributed by atoms with van der Waals surface area (Å²) < 4.78 is 33.4. The molecule has 1 fully saturated rings. The normalized spacial score (nSPS) is 22.8. The predicted molar refractivity (Wildman–Crippen MR) is 250 cm³/mol. The van der Waals surface area contributed by atoms with Gasteiger partial charge < -0.3 is 45.0 Å². The predicted octanol–water partition coefficient (Wildman–Crippen LogP) is 8.25. The van der Waals surface area contributed by atoms with Gasteiger partial charge in [0.2, 0.25) is 0 Å². The van der Waals surface area contributed by atoms with Gasteiger partial charge in [-0.05, 0) is 77.0 Å². The standard InChI is InChI=1S/C49H81O14P/c1-3-5-7-9-11-12-13-14-15-16-17-18-19-20-21-22-24-28-32-36-42(51)60-38-41(39-61-64(58,59)63-49-47(56)45(54)44(53)46(55)48(49)57)62-43(52)37-33-29-25-27-31-35-40(50)34-30-26-23-10-8-6-4-2/h6,8,11-12,14-15,17-18,20-21,23,26,30,34,40-41,44-50,53-57H,3-5,7,9-10,13,16,19,22,24-25,27-29,31-33,35-39H2,1-2H3,(H,58,59)/b8-6+,12-11-,15-14-,18-17-,21-20-,26-23+,34-30+/t40?,41-,44?,45-,46+,47-,48-,49?/m1/s1. The van der Waals surface area contributed by atoms with E-state index in [9.17, 15) is 49.7 Å². The maximum Gasteiger partial charge on any atom is 0.472 e. The third-order valence-corrected chi connectivity index (χ3v) is 11.3. The monoisotopic (exact) mass is 925 g/mol. The first kappa shape index (κ1) is 59.0. The van der Waals surface area contributed by atoms with E-state index < -0.39 is 81.8 Å². The van der Waals surface area contributed by atoms with Gasteiger partial charge in [0.15, 0.2) is 6.10 Å². The molecule has 64 heavy (non-hydrogen) atoms. The number of rotatable bonds is 37. The van der Waals surface area contributed by atoms with E-state index in [1.807, 2.05) is 18.2 Å². The molecule has 15 heteroatoms. The van der Waals surface area contributed by atoms with Crippen LogP contribution >= 0.6 is 7.82 Å². The molecular formula is C49H81O14P. The van der Waals surface area contributed by atoms with Crippen LogP contribution in [-0.4, -0.2) is 110 Å². The Hall–Kier alpha value is -3.01. The molecule has 1 aliphatic rings. The van der Waals surface area contributed by atoms with Crippen LogP contribution in [0.3, 0.4) is 0 Å². The fourth-order valence-corrected chi connectivity index (χ4v) is 7.48. The molecule has 0 aromatic carbocycles. The lowest BCUT2D eigenvalue weighted by molar-refractivity contribution is -0.220. The molecule has 9 atom stereocenters. The highest BCUT2D eigenvalue weighted by Crippen LogP contribution is 2.47. The van der Waals surface area contributed by atoms with Crippen LogP contribution in [0.1, 0.15) is 149 Å². The minimum Gasteiger partial charge on any atom is -0.462 e. The number of phosphoric ester groups is 1. The summed E-state index contributed by atoms with van der Waals surface area (Å²) in [6, 6.07) is 0. The molecular weight excluding hydrogens is 843 g/mol. The molecule has 1 aliphatic carbocycles. The lowest BCUT2D eigenvalue weighted by atomic mass is 9.85. The first-order valence-electron chi connectivity index (χ1n) is 23.5. The zero-order chi connectivity index (χ0) is 47.3. The summed E-state index contributed by atoms with van der Waals surface area (Å²) in [5.41, 5.74) is 0. The molecule has 0 saturated heterocycles. The highest BCUT2D eigenvalue weighted by atomic mass is 31.2. The summed E-state index contributed by atoms with van der Waals surface area (Å²) in [5, 5.41) is 60.3. The number of aliphatic hydroxyl groups is 6. The van der Waals surface area contributed by atoms with Gasteiger partial charge in [-0.25, -0.2) is 4.57 Å². The first-order chi connectivity index (χ1) is 30.8. The molecule has 1 rings (SSSR count). The number of hydrogen-bond acceptors (Lipinski definition) is 13. The Kier molecular flexibility index (Phi) is 35.2. The quantitative estimate of drug-likeness (QED) is 0.0102. The summed E-state index contributed by atoms with van der Waals surface area (Å²) in [4.78, 5) is 35.7. The van der Waals surface area contributed by atoms with E-state index in [0.717, 1.165) is 77.0 Å². The number of esters is 2. The van der Waals surface area contributed by atoms with Crippen molar-refractivity contribution < 1.29 is 68.2 Å². The fraction of sp³-hybridized carbons (Fsp3) is 0.673. The van der Waals surface area contributed by atoms with Crippen LogP contribution in [0.2, 0.25) is 0 Å². The van der Waals surface area contributed by atoms with Crippen LogP contribution < -0.4 is 0 Å². The maximum absolute atomic E-state index is 12.8. The number of aliphatic hydroxyl groups excluding tert-OH is 6. The van der Waals surface area contributed by atoms with Gasteiger partial charge in [0, 0.05) is 12.8 Å². The summed E-state index contributed by atoms with van der Waals surface area (Å²) in [6.45, 7) is 3.02. The topological polar surface area (TPSA) is 230 Å². The van der Waals surface area contributed by atoms with Crippen molar-refractivity contribution in [3.8, 4) is 0 Å². The van der Waals surface area contributed by atoms with Crippen molar-refractivity contribution in [1.82, 2.24) is 0 Å². The number of carbonyl (C=O) groups is 2. The molecule has 14 nitrogen and oxygen atoms in total. The lowest BCUT2D eigenvalue weighted by Gasteiger charge is -2.41. The van der Waals surface area contributed by atoms with E-state index in [1.165, 1.54) is 19.3 Å². The fourth-order valence-electron chi connectivity index (χ4n) is 6.51. The maximum atomic E-state index is 12.8. The Morgan fingerprint density at radius 1 is 0.578 bits per heavy atom. The van der Waals surface area contributed by atoms with Gasteiger partial charge in [-0.2, -0.15) is 0 Å². The Morgan fingerprint density at radius 2 is 1.08 bits per heavy atom. The molecule has 1 saturated carbocycles. The highest BCUT2D eigenvalue weighted by Gasteiger charge is 2.51. The summed E-state index contributed by atoms with van der Waals surface area (Å²) in [7, 11) is -5.16.